The number of phenolic OH excluding ortho intramolecular Hbond substituents is 1. The summed E-state index contributed by atoms with van der Waals surface area (Å²) in [7, 11) is 2.06. The predicted molar refractivity (Wildman–Crippen MR) is 128 cm³/mol. The maximum atomic E-state index is 13.6. The summed E-state index contributed by atoms with van der Waals surface area (Å²) in [5.41, 5.74) is 4.24. The first-order valence-corrected chi connectivity index (χ1v) is 11.2. The Morgan fingerprint density at radius 2 is 1.33 bits per heavy atom. The molecule has 4 aromatic rings. The Hall–Kier alpha value is -3.38. The largest absolute Gasteiger partial charge is 0.508 e. The van der Waals surface area contributed by atoms with Gasteiger partial charge in [-0.05, 0) is 66.1 Å². The number of hydrogen-bond donors (Lipinski definition) is 1. The normalized spacial score (nSPS) is 15.0. The van der Waals surface area contributed by atoms with Crippen LogP contribution in [0.5, 0.6) is 5.75 Å². The van der Waals surface area contributed by atoms with E-state index in [0.29, 0.717) is 0 Å². The molecule has 0 radical (unpaired) electrons. The van der Waals surface area contributed by atoms with Gasteiger partial charge in [-0.25, -0.2) is 8.78 Å². The molecule has 2 heterocycles. The molecule has 0 spiro atoms. The van der Waals surface area contributed by atoms with E-state index >= 15 is 0 Å². The number of fused-ring (bicyclic) bond motifs is 1. The van der Waals surface area contributed by atoms with E-state index in [1.54, 1.807) is 6.07 Å². The minimum atomic E-state index is -0.265. The van der Waals surface area contributed by atoms with Crippen molar-refractivity contribution < 1.29 is 13.9 Å². The number of piperazine rings is 1. The van der Waals surface area contributed by atoms with Crippen LogP contribution >= 0.6 is 0 Å². The molecule has 33 heavy (non-hydrogen) atoms. The number of benzene rings is 3. The zero-order valence-corrected chi connectivity index (χ0v) is 18.8. The summed E-state index contributed by atoms with van der Waals surface area (Å²) in [4.78, 5) is 4.76. The summed E-state index contributed by atoms with van der Waals surface area (Å²) in [6.45, 7) is 5.38. The number of rotatable bonds is 4. The molecular formula is C27H27F2N3O. The Labute approximate surface area is 192 Å². The van der Waals surface area contributed by atoms with Crippen molar-refractivity contribution in [3.63, 3.8) is 0 Å². The fraction of sp³-hybridized carbons (Fsp3) is 0.259. The van der Waals surface area contributed by atoms with Crippen LogP contribution < -0.4 is 4.90 Å². The number of nitrogens with zero attached hydrogens (tertiary/aromatic N) is 3. The van der Waals surface area contributed by atoms with Crippen LogP contribution in [0.4, 0.5) is 14.6 Å². The zero-order valence-electron chi connectivity index (χ0n) is 18.8. The van der Waals surface area contributed by atoms with Crippen molar-refractivity contribution in [3.8, 4) is 5.75 Å². The van der Waals surface area contributed by atoms with Crippen molar-refractivity contribution in [2.24, 2.45) is 7.05 Å². The summed E-state index contributed by atoms with van der Waals surface area (Å²) in [6, 6.07) is 18.6. The molecule has 0 saturated carbocycles. The Balaban J connectivity index is 1.43. The van der Waals surface area contributed by atoms with Gasteiger partial charge in [-0.3, -0.25) is 4.90 Å². The summed E-state index contributed by atoms with van der Waals surface area (Å²) in [5, 5.41) is 11.0. The molecule has 0 atom stereocenters. The fourth-order valence-electron chi connectivity index (χ4n) is 5.15. The van der Waals surface area contributed by atoms with Crippen LogP contribution in [0.15, 0.2) is 66.7 Å². The Morgan fingerprint density at radius 3 is 1.88 bits per heavy atom. The van der Waals surface area contributed by atoms with Crippen molar-refractivity contribution in [1.82, 2.24) is 9.47 Å². The molecule has 1 N–H and O–H groups in total. The first-order valence-electron chi connectivity index (χ1n) is 11.2. The first-order chi connectivity index (χ1) is 15.9. The smallest absolute Gasteiger partial charge is 0.123 e. The van der Waals surface area contributed by atoms with Gasteiger partial charge in [0.15, 0.2) is 0 Å². The fourth-order valence-corrected chi connectivity index (χ4v) is 5.15. The maximum absolute atomic E-state index is 13.6. The van der Waals surface area contributed by atoms with Crippen LogP contribution in [-0.2, 0) is 7.05 Å². The van der Waals surface area contributed by atoms with E-state index in [1.807, 2.05) is 36.4 Å². The quantitative estimate of drug-likeness (QED) is 0.456. The van der Waals surface area contributed by atoms with E-state index in [9.17, 15) is 13.9 Å². The van der Waals surface area contributed by atoms with E-state index in [4.69, 9.17) is 0 Å². The molecule has 1 aliphatic heterocycles. The second-order valence-corrected chi connectivity index (χ2v) is 8.74. The number of halogens is 2. The second-order valence-electron chi connectivity index (χ2n) is 8.74. The van der Waals surface area contributed by atoms with Gasteiger partial charge in [-0.1, -0.05) is 24.3 Å². The standard InChI is InChI=1S/C27H27F2N3O/c1-18-24-17-23(33)11-12-25(24)30(2)27(18)32-15-13-31(14-16-32)26(19-3-7-21(28)8-4-19)20-5-9-22(29)10-6-20/h3-12,17,26,33H,13-16H2,1-2H3. The maximum Gasteiger partial charge on any atom is 0.123 e. The van der Waals surface area contributed by atoms with Gasteiger partial charge in [0.1, 0.15) is 23.2 Å². The van der Waals surface area contributed by atoms with Crippen LogP contribution in [0, 0.1) is 18.6 Å². The van der Waals surface area contributed by atoms with Gasteiger partial charge >= 0.3 is 0 Å². The van der Waals surface area contributed by atoms with Crippen LogP contribution in [0.3, 0.4) is 0 Å². The van der Waals surface area contributed by atoms with Crippen molar-refractivity contribution in [2.45, 2.75) is 13.0 Å². The Kier molecular flexibility index (Phi) is 5.54. The Morgan fingerprint density at radius 1 is 0.788 bits per heavy atom. The van der Waals surface area contributed by atoms with E-state index in [2.05, 4.69) is 28.3 Å². The topological polar surface area (TPSA) is 31.6 Å². The zero-order chi connectivity index (χ0) is 23.1. The second kappa shape index (κ2) is 8.52. The number of aromatic nitrogens is 1. The molecule has 170 valence electrons. The number of aryl methyl sites for hydroxylation is 2. The van der Waals surface area contributed by atoms with Gasteiger partial charge in [0.25, 0.3) is 0 Å². The summed E-state index contributed by atoms with van der Waals surface area (Å²) >= 11 is 0. The summed E-state index contributed by atoms with van der Waals surface area (Å²) in [6.07, 6.45) is 0. The SMILES string of the molecule is Cc1c(N2CCN(C(c3ccc(F)cc3)c3ccc(F)cc3)CC2)n(C)c2ccc(O)cc12. The third kappa shape index (κ3) is 3.95. The molecule has 3 aromatic carbocycles. The molecule has 1 aliphatic rings. The predicted octanol–water partition coefficient (Wildman–Crippen LogP) is 5.38. The highest BCUT2D eigenvalue weighted by Gasteiger charge is 2.28. The molecule has 5 rings (SSSR count). The number of hydrogen-bond acceptors (Lipinski definition) is 3. The lowest BCUT2D eigenvalue weighted by Crippen LogP contribution is -2.48. The van der Waals surface area contributed by atoms with Crippen LogP contribution in [0.2, 0.25) is 0 Å². The molecule has 1 saturated heterocycles. The lowest BCUT2D eigenvalue weighted by Gasteiger charge is -2.41. The highest BCUT2D eigenvalue weighted by molar-refractivity contribution is 5.90. The van der Waals surface area contributed by atoms with Crippen LogP contribution in [0.1, 0.15) is 22.7 Å². The average molecular weight is 448 g/mol. The van der Waals surface area contributed by atoms with Crippen molar-refractivity contribution >= 4 is 16.7 Å². The highest BCUT2D eigenvalue weighted by Crippen LogP contribution is 2.35. The molecular weight excluding hydrogens is 420 g/mol. The highest BCUT2D eigenvalue weighted by atomic mass is 19.1. The van der Waals surface area contributed by atoms with Gasteiger partial charge in [0.2, 0.25) is 0 Å². The lowest BCUT2D eigenvalue weighted by atomic mass is 9.96. The number of phenols is 1. The minimum Gasteiger partial charge on any atom is -0.508 e. The lowest BCUT2D eigenvalue weighted by molar-refractivity contribution is 0.211. The van der Waals surface area contributed by atoms with Crippen molar-refractivity contribution in [3.05, 3.63) is 95.1 Å². The molecule has 4 nitrogen and oxygen atoms in total. The van der Waals surface area contributed by atoms with Crippen LogP contribution in [0.25, 0.3) is 10.9 Å². The summed E-state index contributed by atoms with van der Waals surface area (Å²) in [5.74, 6) is 0.904. The van der Waals surface area contributed by atoms with Gasteiger partial charge in [-0.2, -0.15) is 0 Å². The monoisotopic (exact) mass is 447 g/mol. The molecule has 6 heteroatoms. The summed E-state index contributed by atoms with van der Waals surface area (Å²) < 4.78 is 29.4. The number of anilines is 1. The number of aromatic hydroxyl groups is 1. The third-order valence-electron chi connectivity index (χ3n) is 6.75. The van der Waals surface area contributed by atoms with E-state index < -0.39 is 0 Å². The first kappa shape index (κ1) is 21.5. The minimum absolute atomic E-state index is 0.0705. The third-order valence-corrected chi connectivity index (χ3v) is 6.75. The van der Waals surface area contributed by atoms with E-state index in [1.165, 1.54) is 24.3 Å². The van der Waals surface area contributed by atoms with Crippen molar-refractivity contribution in [2.75, 3.05) is 31.1 Å². The molecule has 0 amide bonds. The van der Waals surface area contributed by atoms with E-state index in [-0.39, 0.29) is 23.4 Å². The molecule has 1 fully saturated rings. The average Bonchev–Trinajstić information content (AvgIpc) is 3.06. The van der Waals surface area contributed by atoms with Gasteiger partial charge in [-0.15, -0.1) is 0 Å². The van der Waals surface area contributed by atoms with Crippen molar-refractivity contribution in [1.29, 1.82) is 0 Å². The molecule has 0 bridgehead atoms. The molecule has 0 unspecified atom stereocenters. The van der Waals surface area contributed by atoms with Gasteiger partial charge in [0.05, 0.1) is 6.04 Å². The van der Waals surface area contributed by atoms with Crippen LogP contribution in [-0.4, -0.2) is 40.8 Å². The van der Waals surface area contributed by atoms with E-state index in [0.717, 1.165) is 59.6 Å². The van der Waals surface area contributed by atoms with Gasteiger partial charge in [0, 0.05) is 44.1 Å². The molecule has 1 aromatic heterocycles. The molecule has 0 aliphatic carbocycles. The Bertz CT molecular complexity index is 1230. The van der Waals surface area contributed by atoms with Gasteiger partial charge < -0.3 is 14.6 Å².